The van der Waals surface area contributed by atoms with Gasteiger partial charge in [-0.05, 0) is 47.1 Å². The van der Waals surface area contributed by atoms with Crippen LogP contribution in [0.25, 0.3) is 0 Å². The van der Waals surface area contributed by atoms with E-state index in [1.807, 2.05) is 24.3 Å². The molecule has 2 aromatic rings. The van der Waals surface area contributed by atoms with Gasteiger partial charge in [-0.15, -0.1) is 0 Å². The van der Waals surface area contributed by atoms with Gasteiger partial charge in [0.1, 0.15) is 0 Å². The maximum atomic E-state index is 11.9. The van der Waals surface area contributed by atoms with Gasteiger partial charge in [-0.25, -0.2) is 0 Å². The summed E-state index contributed by atoms with van der Waals surface area (Å²) in [6.45, 7) is 2.03. The van der Waals surface area contributed by atoms with E-state index in [0.29, 0.717) is 24.2 Å². The van der Waals surface area contributed by atoms with Gasteiger partial charge < -0.3 is 10.6 Å². The van der Waals surface area contributed by atoms with Crippen molar-refractivity contribution in [1.29, 1.82) is 0 Å². The van der Waals surface area contributed by atoms with Crippen LogP contribution in [-0.4, -0.2) is 18.2 Å². The van der Waals surface area contributed by atoms with E-state index in [9.17, 15) is 9.59 Å². The quantitative estimate of drug-likeness (QED) is 0.762. The molecule has 0 aliphatic heterocycles. The van der Waals surface area contributed by atoms with Crippen molar-refractivity contribution in [2.24, 2.45) is 0 Å². The number of benzene rings is 2. The third-order valence-electron chi connectivity index (χ3n) is 3.09. The molecule has 1 amide bonds. The molecule has 0 aromatic heterocycles. The first kappa shape index (κ1) is 16.2. The average molecular weight is 361 g/mol. The Bertz CT molecular complexity index is 686. The first-order chi connectivity index (χ1) is 10.6. The largest absolute Gasteiger partial charge is 0.384 e. The Morgan fingerprint density at radius 2 is 1.86 bits per heavy atom. The molecule has 5 heteroatoms. The normalized spacial score (nSPS) is 10.1. The van der Waals surface area contributed by atoms with E-state index >= 15 is 0 Å². The standard InChI is InChI=1S/C17H17BrN2O2/c1-12(21)13-5-4-6-14(11-13)20-17(22)9-10-19-16-8-3-2-7-15(16)18/h2-8,11,19H,9-10H2,1H3,(H,20,22). The lowest BCUT2D eigenvalue weighted by atomic mass is 10.1. The number of hydrogen-bond acceptors (Lipinski definition) is 3. The summed E-state index contributed by atoms with van der Waals surface area (Å²) in [4.78, 5) is 23.2. The molecule has 2 rings (SSSR count). The van der Waals surface area contributed by atoms with Crippen LogP contribution in [0.15, 0.2) is 53.0 Å². The van der Waals surface area contributed by atoms with Crippen molar-refractivity contribution in [3.63, 3.8) is 0 Å². The smallest absolute Gasteiger partial charge is 0.226 e. The molecule has 2 N–H and O–H groups in total. The number of para-hydroxylation sites is 1. The molecule has 0 heterocycles. The van der Waals surface area contributed by atoms with E-state index in [4.69, 9.17) is 0 Å². The summed E-state index contributed by atoms with van der Waals surface area (Å²) in [7, 11) is 0. The van der Waals surface area contributed by atoms with E-state index in [2.05, 4.69) is 26.6 Å². The van der Waals surface area contributed by atoms with Crippen molar-refractivity contribution in [1.82, 2.24) is 0 Å². The summed E-state index contributed by atoms with van der Waals surface area (Å²) in [5.74, 6) is -0.119. The van der Waals surface area contributed by atoms with E-state index in [1.165, 1.54) is 6.92 Å². The maximum Gasteiger partial charge on any atom is 0.226 e. The number of halogens is 1. The van der Waals surface area contributed by atoms with Crippen LogP contribution < -0.4 is 10.6 Å². The van der Waals surface area contributed by atoms with Crippen molar-refractivity contribution < 1.29 is 9.59 Å². The SMILES string of the molecule is CC(=O)c1cccc(NC(=O)CCNc2ccccc2Br)c1. The van der Waals surface area contributed by atoms with Gasteiger partial charge in [-0.2, -0.15) is 0 Å². The molecule has 0 radical (unpaired) electrons. The molecule has 0 fully saturated rings. The lowest BCUT2D eigenvalue weighted by Gasteiger charge is -2.09. The number of nitrogens with one attached hydrogen (secondary N) is 2. The molecule has 4 nitrogen and oxygen atoms in total. The molecule has 0 bridgehead atoms. The Labute approximate surface area is 138 Å². The van der Waals surface area contributed by atoms with Gasteiger partial charge in [0.05, 0.1) is 0 Å². The van der Waals surface area contributed by atoms with Crippen LogP contribution in [0.4, 0.5) is 11.4 Å². The second-order valence-electron chi connectivity index (χ2n) is 4.84. The number of carbonyl (C=O) groups excluding carboxylic acids is 2. The van der Waals surface area contributed by atoms with Crippen molar-refractivity contribution in [3.05, 3.63) is 58.6 Å². The molecule has 0 saturated heterocycles. The summed E-state index contributed by atoms with van der Waals surface area (Å²) < 4.78 is 0.963. The Hall–Kier alpha value is -2.14. The highest BCUT2D eigenvalue weighted by Gasteiger charge is 2.05. The molecular formula is C17H17BrN2O2. The molecule has 0 spiro atoms. The van der Waals surface area contributed by atoms with Gasteiger partial charge in [0, 0.05) is 34.4 Å². The van der Waals surface area contributed by atoms with Gasteiger partial charge in [-0.3, -0.25) is 9.59 Å². The monoisotopic (exact) mass is 360 g/mol. The maximum absolute atomic E-state index is 11.9. The first-order valence-corrected chi connectivity index (χ1v) is 7.75. The Morgan fingerprint density at radius 1 is 1.09 bits per heavy atom. The summed E-state index contributed by atoms with van der Waals surface area (Å²) in [5, 5.41) is 5.99. The predicted molar refractivity (Wildman–Crippen MR) is 92.3 cm³/mol. The predicted octanol–water partition coefficient (Wildman–Crippen LogP) is 4.09. The zero-order valence-corrected chi connectivity index (χ0v) is 13.8. The number of Topliss-reactive ketones (excluding diaryl/α,β-unsaturated/α-hetero) is 1. The molecule has 2 aromatic carbocycles. The minimum Gasteiger partial charge on any atom is -0.384 e. The van der Waals surface area contributed by atoms with Crippen LogP contribution in [-0.2, 0) is 4.79 Å². The van der Waals surface area contributed by atoms with Crippen LogP contribution in [0, 0.1) is 0 Å². The number of hydrogen-bond donors (Lipinski definition) is 2. The van der Waals surface area contributed by atoms with Gasteiger partial charge in [0.2, 0.25) is 5.91 Å². The number of ketones is 1. The molecule has 0 saturated carbocycles. The Morgan fingerprint density at radius 3 is 2.59 bits per heavy atom. The van der Waals surface area contributed by atoms with E-state index in [-0.39, 0.29) is 11.7 Å². The molecular weight excluding hydrogens is 344 g/mol. The average Bonchev–Trinajstić information content (AvgIpc) is 2.49. The number of amides is 1. The van der Waals surface area contributed by atoms with Crippen molar-refractivity contribution in [3.8, 4) is 0 Å². The molecule has 0 unspecified atom stereocenters. The third kappa shape index (κ3) is 4.70. The summed E-state index contributed by atoms with van der Waals surface area (Å²) in [6, 6.07) is 14.7. The Balaban J connectivity index is 1.84. The highest BCUT2D eigenvalue weighted by molar-refractivity contribution is 9.10. The number of anilines is 2. The van der Waals surface area contributed by atoms with Crippen molar-refractivity contribution in [2.75, 3.05) is 17.2 Å². The summed E-state index contributed by atoms with van der Waals surface area (Å²) in [5.41, 5.74) is 2.18. The zero-order valence-electron chi connectivity index (χ0n) is 12.2. The van der Waals surface area contributed by atoms with Crippen LogP contribution in [0.1, 0.15) is 23.7 Å². The first-order valence-electron chi connectivity index (χ1n) is 6.95. The summed E-state index contributed by atoms with van der Waals surface area (Å²) in [6.07, 6.45) is 0.339. The van der Waals surface area contributed by atoms with Crippen LogP contribution in [0.5, 0.6) is 0 Å². The highest BCUT2D eigenvalue weighted by atomic mass is 79.9. The third-order valence-corrected chi connectivity index (χ3v) is 3.79. The molecule has 0 aliphatic rings. The number of rotatable bonds is 6. The van der Waals surface area contributed by atoms with Crippen LogP contribution in [0.2, 0.25) is 0 Å². The zero-order chi connectivity index (χ0) is 15.9. The van der Waals surface area contributed by atoms with Gasteiger partial charge in [0.25, 0.3) is 0 Å². The van der Waals surface area contributed by atoms with E-state index < -0.39 is 0 Å². The van der Waals surface area contributed by atoms with Crippen molar-refractivity contribution in [2.45, 2.75) is 13.3 Å². The minimum atomic E-state index is -0.0970. The van der Waals surface area contributed by atoms with Gasteiger partial charge in [0.15, 0.2) is 5.78 Å². The van der Waals surface area contributed by atoms with E-state index in [0.717, 1.165) is 10.2 Å². The van der Waals surface area contributed by atoms with Crippen molar-refractivity contribution >= 4 is 39.0 Å². The van der Waals surface area contributed by atoms with Crippen LogP contribution >= 0.6 is 15.9 Å². The lowest BCUT2D eigenvalue weighted by molar-refractivity contribution is -0.115. The fourth-order valence-electron chi connectivity index (χ4n) is 1.95. The Kier molecular flexibility index (Phi) is 5.72. The van der Waals surface area contributed by atoms with E-state index in [1.54, 1.807) is 24.3 Å². The number of carbonyl (C=O) groups is 2. The second kappa shape index (κ2) is 7.75. The molecule has 22 heavy (non-hydrogen) atoms. The molecule has 114 valence electrons. The molecule has 0 atom stereocenters. The van der Waals surface area contributed by atoms with Gasteiger partial charge >= 0.3 is 0 Å². The topological polar surface area (TPSA) is 58.2 Å². The lowest BCUT2D eigenvalue weighted by Crippen LogP contribution is -2.16. The highest BCUT2D eigenvalue weighted by Crippen LogP contribution is 2.21. The fraction of sp³-hybridized carbons (Fsp3) is 0.176. The summed E-state index contributed by atoms with van der Waals surface area (Å²) >= 11 is 3.44. The second-order valence-corrected chi connectivity index (χ2v) is 5.70. The molecule has 0 aliphatic carbocycles. The van der Waals surface area contributed by atoms with Gasteiger partial charge in [-0.1, -0.05) is 24.3 Å². The minimum absolute atomic E-state index is 0.0216. The van der Waals surface area contributed by atoms with Crippen LogP contribution in [0.3, 0.4) is 0 Å². The fourth-order valence-corrected chi connectivity index (χ4v) is 2.38.